The highest BCUT2D eigenvalue weighted by Crippen LogP contribution is 2.13. The minimum atomic E-state index is -0.0973. The fraction of sp³-hybridized carbons (Fsp3) is 0.727. The molecule has 0 unspecified atom stereocenters. The summed E-state index contributed by atoms with van der Waals surface area (Å²) in [6, 6.07) is 3.77. The number of halogens is 1. The average molecular weight is 382 g/mol. The predicted molar refractivity (Wildman–Crippen MR) is 109 cm³/mol. The SMILES string of the molecule is O=C(CCCCCCCCCCCCCCCCl)OCc1cccnc1. The molecule has 0 aliphatic heterocycles. The van der Waals surface area contributed by atoms with Crippen LogP contribution in [0.25, 0.3) is 0 Å². The van der Waals surface area contributed by atoms with Crippen molar-refractivity contribution >= 4 is 17.6 Å². The first-order valence-electron chi connectivity index (χ1n) is 10.4. The summed E-state index contributed by atoms with van der Waals surface area (Å²) in [5, 5.41) is 0. The monoisotopic (exact) mass is 381 g/mol. The van der Waals surface area contributed by atoms with Crippen molar-refractivity contribution in [2.45, 2.75) is 96.5 Å². The second kappa shape index (κ2) is 17.3. The maximum absolute atomic E-state index is 11.7. The van der Waals surface area contributed by atoms with Gasteiger partial charge in [0.15, 0.2) is 0 Å². The van der Waals surface area contributed by atoms with E-state index in [0.717, 1.165) is 24.3 Å². The largest absolute Gasteiger partial charge is 0.461 e. The molecule has 0 amide bonds. The molecule has 0 bridgehead atoms. The van der Waals surface area contributed by atoms with Gasteiger partial charge in [-0.15, -0.1) is 11.6 Å². The van der Waals surface area contributed by atoms with Crippen LogP contribution in [-0.2, 0) is 16.1 Å². The standard InChI is InChI=1S/C22H36ClNO2/c23-17-13-11-9-7-5-3-1-2-4-6-8-10-12-16-22(25)26-20-21-15-14-18-24-19-21/h14-15,18-19H,1-13,16-17,20H2. The number of ether oxygens (including phenoxy) is 1. The molecule has 1 aromatic heterocycles. The van der Waals surface area contributed by atoms with Crippen LogP contribution in [-0.4, -0.2) is 16.8 Å². The molecular formula is C22H36ClNO2. The highest BCUT2D eigenvalue weighted by Gasteiger charge is 2.03. The summed E-state index contributed by atoms with van der Waals surface area (Å²) in [6.07, 6.45) is 20.6. The first-order chi connectivity index (χ1) is 12.8. The number of rotatable bonds is 17. The molecule has 0 radical (unpaired) electrons. The van der Waals surface area contributed by atoms with Crippen molar-refractivity contribution in [3.05, 3.63) is 30.1 Å². The summed E-state index contributed by atoms with van der Waals surface area (Å²) < 4.78 is 5.26. The normalized spacial score (nSPS) is 10.8. The number of pyridine rings is 1. The number of esters is 1. The third-order valence-electron chi connectivity index (χ3n) is 4.64. The summed E-state index contributed by atoms with van der Waals surface area (Å²) >= 11 is 5.67. The van der Waals surface area contributed by atoms with Crippen LogP contribution >= 0.6 is 11.6 Å². The molecule has 0 aliphatic carbocycles. The minimum Gasteiger partial charge on any atom is -0.461 e. The highest BCUT2D eigenvalue weighted by molar-refractivity contribution is 6.17. The molecule has 0 saturated carbocycles. The van der Waals surface area contributed by atoms with Gasteiger partial charge in [-0.05, 0) is 18.9 Å². The van der Waals surface area contributed by atoms with E-state index < -0.39 is 0 Å². The van der Waals surface area contributed by atoms with Crippen molar-refractivity contribution < 1.29 is 9.53 Å². The van der Waals surface area contributed by atoms with E-state index in [-0.39, 0.29) is 5.97 Å². The molecule has 0 fully saturated rings. The van der Waals surface area contributed by atoms with E-state index in [0.29, 0.717) is 13.0 Å². The maximum Gasteiger partial charge on any atom is 0.306 e. The summed E-state index contributed by atoms with van der Waals surface area (Å²) in [7, 11) is 0. The number of hydrogen-bond acceptors (Lipinski definition) is 3. The molecule has 1 heterocycles. The summed E-state index contributed by atoms with van der Waals surface area (Å²) in [6.45, 7) is 0.333. The zero-order valence-electron chi connectivity index (χ0n) is 16.3. The van der Waals surface area contributed by atoms with Crippen LogP contribution in [0.1, 0.15) is 95.5 Å². The number of unbranched alkanes of at least 4 members (excludes halogenated alkanes) is 12. The van der Waals surface area contributed by atoms with Crippen LogP contribution in [0.15, 0.2) is 24.5 Å². The van der Waals surface area contributed by atoms with Crippen LogP contribution in [0, 0.1) is 0 Å². The predicted octanol–water partition coefficient (Wildman–Crippen LogP) is 6.83. The van der Waals surface area contributed by atoms with Crippen molar-refractivity contribution in [2.24, 2.45) is 0 Å². The van der Waals surface area contributed by atoms with E-state index in [9.17, 15) is 4.79 Å². The van der Waals surface area contributed by atoms with E-state index in [1.54, 1.807) is 12.4 Å². The van der Waals surface area contributed by atoms with Crippen molar-refractivity contribution in [3.8, 4) is 0 Å². The second-order valence-corrected chi connectivity index (χ2v) is 7.44. The van der Waals surface area contributed by atoms with E-state index in [4.69, 9.17) is 16.3 Å². The number of alkyl halides is 1. The summed E-state index contributed by atoms with van der Waals surface area (Å²) in [5.41, 5.74) is 0.941. The molecule has 0 N–H and O–H groups in total. The van der Waals surface area contributed by atoms with Crippen LogP contribution in [0.3, 0.4) is 0 Å². The Morgan fingerprint density at radius 2 is 1.38 bits per heavy atom. The van der Waals surface area contributed by atoms with E-state index in [2.05, 4.69) is 4.98 Å². The molecule has 0 aliphatic rings. The minimum absolute atomic E-state index is 0.0973. The molecular weight excluding hydrogens is 346 g/mol. The van der Waals surface area contributed by atoms with Gasteiger partial charge in [-0.2, -0.15) is 0 Å². The molecule has 0 aromatic carbocycles. The fourth-order valence-corrected chi connectivity index (χ4v) is 3.22. The maximum atomic E-state index is 11.7. The first-order valence-corrected chi connectivity index (χ1v) is 11.0. The quantitative estimate of drug-likeness (QED) is 0.169. The van der Waals surface area contributed by atoms with Crippen LogP contribution in [0.5, 0.6) is 0 Å². The number of carbonyl (C=O) groups is 1. The van der Waals surface area contributed by atoms with Crippen molar-refractivity contribution in [2.75, 3.05) is 5.88 Å². The van der Waals surface area contributed by atoms with Gasteiger partial charge in [0, 0.05) is 30.3 Å². The van der Waals surface area contributed by atoms with E-state index >= 15 is 0 Å². The Labute approximate surface area is 164 Å². The van der Waals surface area contributed by atoms with Crippen molar-refractivity contribution in [1.82, 2.24) is 4.98 Å². The Balaban J connectivity index is 1.78. The van der Waals surface area contributed by atoms with E-state index in [1.807, 2.05) is 12.1 Å². The van der Waals surface area contributed by atoms with Gasteiger partial charge < -0.3 is 4.74 Å². The molecule has 0 saturated heterocycles. The van der Waals surface area contributed by atoms with Crippen LogP contribution in [0.2, 0.25) is 0 Å². The smallest absolute Gasteiger partial charge is 0.306 e. The van der Waals surface area contributed by atoms with Gasteiger partial charge in [0.1, 0.15) is 6.61 Å². The Morgan fingerprint density at radius 3 is 1.88 bits per heavy atom. The topological polar surface area (TPSA) is 39.2 Å². The van der Waals surface area contributed by atoms with Crippen LogP contribution in [0.4, 0.5) is 0 Å². The third kappa shape index (κ3) is 14.1. The summed E-state index contributed by atoms with van der Waals surface area (Å²) in [4.78, 5) is 15.7. The lowest BCUT2D eigenvalue weighted by Crippen LogP contribution is -2.04. The number of hydrogen-bond donors (Lipinski definition) is 0. The lowest BCUT2D eigenvalue weighted by atomic mass is 10.0. The average Bonchev–Trinajstić information content (AvgIpc) is 2.67. The van der Waals surface area contributed by atoms with Crippen molar-refractivity contribution in [1.29, 1.82) is 0 Å². The highest BCUT2D eigenvalue weighted by atomic mass is 35.5. The van der Waals surface area contributed by atoms with Gasteiger partial charge in [0.05, 0.1) is 0 Å². The Kier molecular flexibility index (Phi) is 15.3. The van der Waals surface area contributed by atoms with E-state index in [1.165, 1.54) is 70.6 Å². The van der Waals surface area contributed by atoms with Gasteiger partial charge in [-0.25, -0.2) is 0 Å². The molecule has 3 nitrogen and oxygen atoms in total. The Bertz CT molecular complexity index is 439. The van der Waals surface area contributed by atoms with Gasteiger partial charge in [-0.1, -0.05) is 76.7 Å². The lowest BCUT2D eigenvalue weighted by molar-refractivity contribution is -0.145. The van der Waals surface area contributed by atoms with Gasteiger partial charge in [0.25, 0.3) is 0 Å². The second-order valence-electron chi connectivity index (χ2n) is 7.06. The lowest BCUT2D eigenvalue weighted by Gasteiger charge is -2.05. The van der Waals surface area contributed by atoms with Gasteiger partial charge in [0.2, 0.25) is 0 Å². The molecule has 0 atom stereocenters. The Hall–Kier alpha value is -1.09. The molecule has 4 heteroatoms. The van der Waals surface area contributed by atoms with Gasteiger partial charge in [-0.3, -0.25) is 9.78 Å². The first kappa shape index (κ1) is 23.0. The number of aromatic nitrogens is 1. The zero-order valence-corrected chi connectivity index (χ0v) is 17.0. The Morgan fingerprint density at radius 1 is 0.846 bits per heavy atom. The third-order valence-corrected chi connectivity index (χ3v) is 4.90. The molecule has 26 heavy (non-hydrogen) atoms. The number of carbonyl (C=O) groups excluding carboxylic acids is 1. The summed E-state index contributed by atoms with van der Waals surface area (Å²) in [5.74, 6) is 0.715. The van der Waals surface area contributed by atoms with Gasteiger partial charge >= 0.3 is 5.97 Å². The van der Waals surface area contributed by atoms with Crippen LogP contribution < -0.4 is 0 Å². The molecule has 0 spiro atoms. The zero-order chi connectivity index (χ0) is 18.7. The fourth-order valence-electron chi connectivity index (χ4n) is 3.03. The van der Waals surface area contributed by atoms with Crippen molar-refractivity contribution in [3.63, 3.8) is 0 Å². The number of nitrogens with zero attached hydrogens (tertiary/aromatic N) is 1. The molecule has 148 valence electrons. The molecule has 1 rings (SSSR count). The molecule has 1 aromatic rings.